The minimum absolute atomic E-state index is 0.0418. The number of halogens is 1. The van der Waals surface area contributed by atoms with Crippen molar-refractivity contribution in [2.45, 2.75) is 31.6 Å². The van der Waals surface area contributed by atoms with Crippen molar-refractivity contribution in [3.05, 3.63) is 22.4 Å². The molecule has 1 aromatic heterocycles. The van der Waals surface area contributed by atoms with Gasteiger partial charge in [0.25, 0.3) is 0 Å². The summed E-state index contributed by atoms with van der Waals surface area (Å²) in [7, 11) is 5.17. The fourth-order valence-corrected chi connectivity index (χ4v) is 3.98. The average Bonchev–Trinajstić information content (AvgIpc) is 2.89. The second-order valence-electron chi connectivity index (χ2n) is 6.08. The van der Waals surface area contributed by atoms with E-state index in [0.717, 1.165) is 52.8 Å². The first kappa shape index (κ1) is 16.3. The quantitative estimate of drug-likeness (QED) is 0.760. The summed E-state index contributed by atoms with van der Waals surface area (Å²) in [5.74, 6) is 2.22. The van der Waals surface area contributed by atoms with Gasteiger partial charge in [0.05, 0.1) is 35.6 Å². The SMILES string of the molecule is COC(=O)C1CCC(c2nc3cc(OC)c(Br)cc3n2C)CC1. The maximum absolute atomic E-state index is 11.7. The van der Waals surface area contributed by atoms with E-state index in [-0.39, 0.29) is 11.9 Å². The standard InChI is InChI=1S/C17H21BrN2O3/c1-20-14-8-12(18)15(22-2)9-13(14)19-16(20)10-4-6-11(7-5-10)17(21)23-3/h8-11H,4-7H2,1-3H3. The Labute approximate surface area is 144 Å². The number of benzene rings is 1. The molecule has 1 saturated carbocycles. The molecule has 5 nitrogen and oxygen atoms in total. The highest BCUT2D eigenvalue weighted by molar-refractivity contribution is 9.10. The number of hydrogen-bond donors (Lipinski definition) is 0. The summed E-state index contributed by atoms with van der Waals surface area (Å²) in [4.78, 5) is 16.5. The summed E-state index contributed by atoms with van der Waals surface area (Å²) in [5.41, 5.74) is 2.03. The summed E-state index contributed by atoms with van der Waals surface area (Å²) in [6.07, 6.45) is 3.67. The van der Waals surface area contributed by atoms with E-state index in [9.17, 15) is 4.79 Å². The Balaban J connectivity index is 1.86. The lowest BCUT2D eigenvalue weighted by Crippen LogP contribution is -2.23. The Morgan fingerprint density at radius 2 is 1.96 bits per heavy atom. The van der Waals surface area contributed by atoms with E-state index in [0.29, 0.717) is 5.92 Å². The van der Waals surface area contributed by atoms with Crippen molar-refractivity contribution in [2.75, 3.05) is 14.2 Å². The number of esters is 1. The monoisotopic (exact) mass is 380 g/mol. The molecule has 1 aliphatic rings. The predicted molar refractivity (Wildman–Crippen MR) is 91.7 cm³/mol. The highest BCUT2D eigenvalue weighted by Gasteiger charge is 2.30. The van der Waals surface area contributed by atoms with Gasteiger partial charge in [0.2, 0.25) is 0 Å². The molecule has 0 aliphatic heterocycles. The summed E-state index contributed by atoms with van der Waals surface area (Å²) in [6, 6.07) is 4.01. The van der Waals surface area contributed by atoms with Crippen LogP contribution in [0.2, 0.25) is 0 Å². The zero-order valence-corrected chi connectivity index (χ0v) is 15.2. The van der Waals surface area contributed by atoms with Gasteiger partial charge in [-0.3, -0.25) is 4.79 Å². The van der Waals surface area contributed by atoms with E-state index < -0.39 is 0 Å². The van der Waals surface area contributed by atoms with Crippen LogP contribution in [-0.4, -0.2) is 29.7 Å². The van der Waals surface area contributed by atoms with Gasteiger partial charge in [0.15, 0.2) is 0 Å². The Morgan fingerprint density at radius 3 is 2.57 bits per heavy atom. The molecule has 0 unspecified atom stereocenters. The van der Waals surface area contributed by atoms with Crippen molar-refractivity contribution in [2.24, 2.45) is 13.0 Å². The van der Waals surface area contributed by atoms with Gasteiger partial charge in [-0.25, -0.2) is 4.98 Å². The molecule has 2 aromatic rings. The molecule has 23 heavy (non-hydrogen) atoms. The summed E-state index contributed by atoms with van der Waals surface area (Å²) in [6.45, 7) is 0. The second kappa shape index (κ2) is 6.51. The van der Waals surface area contributed by atoms with E-state index in [4.69, 9.17) is 14.5 Å². The van der Waals surface area contributed by atoms with Crippen molar-refractivity contribution in [3.8, 4) is 5.75 Å². The van der Waals surface area contributed by atoms with Gasteiger partial charge < -0.3 is 14.0 Å². The summed E-state index contributed by atoms with van der Waals surface area (Å²) < 4.78 is 13.3. The number of aryl methyl sites for hydroxylation is 1. The van der Waals surface area contributed by atoms with Gasteiger partial charge in [-0.15, -0.1) is 0 Å². The maximum Gasteiger partial charge on any atom is 0.308 e. The number of carbonyl (C=O) groups is 1. The zero-order chi connectivity index (χ0) is 16.6. The number of carbonyl (C=O) groups excluding carboxylic acids is 1. The van der Waals surface area contributed by atoms with Crippen LogP contribution >= 0.6 is 15.9 Å². The van der Waals surface area contributed by atoms with Crippen LogP contribution in [0, 0.1) is 5.92 Å². The van der Waals surface area contributed by atoms with Gasteiger partial charge in [-0.05, 0) is 47.7 Å². The van der Waals surface area contributed by atoms with E-state index >= 15 is 0 Å². The molecular weight excluding hydrogens is 360 g/mol. The zero-order valence-electron chi connectivity index (χ0n) is 13.6. The maximum atomic E-state index is 11.7. The first-order valence-corrected chi connectivity index (χ1v) is 8.62. The van der Waals surface area contributed by atoms with E-state index in [1.165, 1.54) is 7.11 Å². The van der Waals surface area contributed by atoms with Crippen LogP contribution in [0.25, 0.3) is 11.0 Å². The lowest BCUT2D eigenvalue weighted by Gasteiger charge is -2.26. The normalized spacial score (nSPS) is 21.4. The van der Waals surface area contributed by atoms with Crippen LogP contribution in [0.1, 0.15) is 37.4 Å². The van der Waals surface area contributed by atoms with Gasteiger partial charge in [0, 0.05) is 19.0 Å². The number of imidazole rings is 1. The average molecular weight is 381 g/mol. The highest BCUT2D eigenvalue weighted by Crippen LogP contribution is 2.38. The molecule has 0 atom stereocenters. The minimum Gasteiger partial charge on any atom is -0.495 e. The molecule has 1 heterocycles. The fourth-order valence-electron chi connectivity index (χ4n) is 3.49. The predicted octanol–water partition coefficient (Wildman–Crippen LogP) is 3.79. The van der Waals surface area contributed by atoms with Gasteiger partial charge >= 0.3 is 5.97 Å². The molecule has 0 saturated heterocycles. The molecule has 1 aliphatic carbocycles. The van der Waals surface area contributed by atoms with Gasteiger partial charge in [-0.2, -0.15) is 0 Å². The third-order valence-corrected chi connectivity index (χ3v) is 5.44. The minimum atomic E-state index is -0.0814. The Kier molecular flexibility index (Phi) is 4.62. The Morgan fingerprint density at radius 1 is 1.26 bits per heavy atom. The van der Waals surface area contributed by atoms with Crippen LogP contribution < -0.4 is 4.74 Å². The number of nitrogens with zero attached hydrogens (tertiary/aromatic N) is 2. The van der Waals surface area contributed by atoms with Crippen LogP contribution in [0.15, 0.2) is 16.6 Å². The van der Waals surface area contributed by atoms with Gasteiger partial charge in [0.1, 0.15) is 11.6 Å². The van der Waals surface area contributed by atoms with E-state index in [2.05, 4.69) is 27.5 Å². The van der Waals surface area contributed by atoms with Crippen LogP contribution in [-0.2, 0) is 16.6 Å². The van der Waals surface area contributed by atoms with Crippen LogP contribution in [0.3, 0.4) is 0 Å². The number of rotatable bonds is 3. The van der Waals surface area contributed by atoms with Crippen molar-refractivity contribution >= 4 is 32.9 Å². The number of hydrogen-bond acceptors (Lipinski definition) is 4. The second-order valence-corrected chi connectivity index (χ2v) is 6.93. The molecule has 3 rings (SSSR count). The van der Waals surface area contributed by atoms with E-state index in [1.54, 1.807) is 7.11 Å². The lowest BCUT2D eigenvalue weighted by molar-refractivity contribution is -0.146. The molecular formula is C17H21BrN2O3. The Bertz CT molecular complexity index is 733. The largest absolute Gasteiger partial charge is 0.495 e. The molecule has 0 bridgehead atoms. The van der Waals surface area contributed by atoms with E-state index in [1.807, 2.05) is 12.1 Å². The first-order valence-electron chi connectivity index (χ1n) is 7.82. The smallest absolute Gasteiger partial charge is 0.308 e. The Hall–Kier alpha value is -1.56. The topological polar surface area (TPSA) is 53.4 Å². The lowest BCUT2D eigenvalue weighted by atomic mass is 9.81. The highest BCUT2D eigenvalue weighted by atomic mass is 79.9. The molecule has 124 valence electrons. The molecule has 0 N–H and O–H groups in total. The third kappa shape index (κ3) is 2.96. The fraction of sp³-hybridized carbons (Fsp3) is 0.529. The van der Waals surface area contributed by atoms with Crippen molar-refractivity contribution < 1.29 is 14.3 Å². The molecule has 0 radical (unpaired) electrons. The summed E-state index contributed by atoms with van der Waals surface area (Å²) in [5, 5.41) is 0. The molecule has 0 amide bonds. The molecule has 6 heteroatoms. The van der Waals surface area contributed by atoms with Gasteiger partial charge in [-0.1, -0.05) is 0 Å². The van der Waals surface area contributed by atoms with Crippen molar-refractivity contribution in [1.82, 2.24) is 9.55 Å². The van der Waals surface area contributed by atoms with Crippen molar-refractivity contribution in [1.29, 1.82) is 0 Å². The van der Waals surface area contributed by atoms with Crippen molar-refractivity contribution in [3.63, 3.8) is 0 Å². The first-order chi connectivity index (χ1) is 11.0. The summed E-state index contributed by atoms with van der Waals surface area (Å²) >= 11 is 3.53. The number of aromatic nitrogens is 2. The number of methoxy groups -OCH3 is 2. The molecule has 1 aromatic carbocycles. The molecule has 0 spiro atoms. The number of ether oxygens (including phenoxy) is 2. The molecule has 1 fully saturated rings. The van der Waals surface area contributed by atoms with Crippen LogP contribution in [0.4, 0.5) is 0 Å². The third-order valence-electron chi connectivity index (χ3n) is 4.82. The number of fused-ring (bicyclic) bond motifs is 1. The van der Waals surface area contributed by atoms with Crippen LogP contribution in [0.5, 0.6) is 5.75 Å².